The van der Waals surface area contributed by atoms with Gasteiger partial charge in [-0.05, 0) is 62.7 Å². The number of hydrogen-bond donors (Lipinski definition) is 0. The lowest BCUT2D eigenvalue weighted by molar-refractivity contribution is -0.144. The van der Waals surface area contributed by atoms with Gasteiger partial charge in [-0.1, -0.05) is 42.5 Å². The van der Waals surface area contributed by atoms with Gasteiger partial charge < -0.3 is 14.5 Å². The van der Waals surface area contributed by atoms with Crippen molar-refractivity contribution in [3.05, 3.63) is 71.5 Å². The van der Waals surface area contributed by atoms with E-state index in [0.29, 0.717) is 39.0 Å². The van der Waals surface area contributed by atoms with Gasteiger partial charge in [0.05, 0.1) is 18.5 Å². The van der Waals surface area contributed by atoms with Gasteiger partial charge in [0.15, 0.2) is 5.60 Å². The lowest BCUT2D eigenvalue weighted by Crippen LogP contribution is -2.51. The number of amides is 2. The van der Waals surface area contributed by atoms with E-state index in [-0.39, 0.29) is 17.8 Å². The lowest BCUT2D eigenvalue weighted by atomic mass is 9.72. The monoisotopic (exact) mass is 465 g/mol. The van der Waals surface area contributed by atoms with E-state index in [4.69, 9.17) is 4.74 Å². The Hall–Kier alpha value is -2.93. The average Bonchev–Trinajstić information content (AvgIpc) is 3.39. The zero-order valence-corrected chi connectivity index (χ0v) is 19.7. The minimum Gasteiger partial charge on any atom is -0.439 e. The van der Waals surface area contributed by atoms with Crippen molar-refractivity contribution in [3.63, 3.8) is 0 Å². The number of halogens is 1. The molecule has 0 radical (unpaired) electrons. The van der Waals surface area contributed by atoms with E-state index in [1.54, 1.807) is 17.0 Å². The first-order valence-corrected chi connectivity index (χ1v) is 12.1. The van der Waals surface area contributed by atoms with Crippen LogP contribution in [0.5, 0.6) is 0 Å². The third-order valence-electron chi connectivity index (χ3n) is 7.71. The molecule has 0 N–H and O–H groups in total. The summed E-state index contributed by atoms with van der Waals surface area (Å²) < 4.78 is 19.3. The highest BCUT2D eigenvalue weighted by Crippen LogP contribution is 2.40. The Labute approximate surface area is 200 Å². The summed E-state index contributed by atoms with van der Waals surface area (Å²) in [6.07, 6.45) is 2.48. The van der Waals surface area contributed by atoms with E-state index in [1.165, 1.54) is 12.1 Å². The van der Waals surface area contributed by atoms with Crippen LogP contribution in [0.4, 0.5) is 9.18 Å². The third kappa shape index (κ3) is 4.53. The Morgan fingerprint density at radius 1 is 0.941 bits per heavy atom. The molecular formula is C27H32FN3O3. The van der Waals surface area contributed by atoms with Crippen molar-refractivity contribution in [2.24, 2.45) is 5.41 Å². The number of likely N-dealkylation sites (tertiary alicyclic amines) is 2. The molecule has 0 saturated carbocycles. The van der Waals surface area contributed by atoms with Crippen molar-refractivity contribution in [3.8, 4) is 0 Å². The standard InChI is InChI=1S/C27H32FN3O3/c1-29-14-11-26(12-15-29,17-21-7-9-23(28)10-8-21)24(32)30-16-13-27(19-30)20-31(25(33)34-27)18-22-5-3-2-4-6-22/h2-10H,11-20H2,1H3/t27-/m1/s1. The molecule has 180 valence electrons. The van der Waals surface area contributed by atoms with Gasteiger partial charge in [0.2, 0.25) is 5.91 Å². The van der Waals surface area contributed by atoms with Crippen LogP contribution in [-0.4, -0.2) is 72.1 Å². The van der Waals surface area contributed by atoms with Crippen LogP contribution in [0.15, 0.2) is 54.6 Å². The fourth-order valence-corrected chi connectivity index (χ4v) is 5.69. The molecule has 1 atom stereocenters. The summed E-state index contributed by atoms with van der Waals surface area (Å²) in [7, 11) is 2.08. The predicted molar refractivity (Wildman–Crippen MR) is 127 cm³/mol. The first kappa shape index (κ1) is 22.8. The molecule has 3 aliphatic heterocycles. The Bertz CT molecular complexity index is 1040. The molecule has 0 aliphatic carbocycles. The van der Waals surface area contributed by atoms with Crippen LogP contribution in [0.2, 0.25) is 0 Å². The minimum atomic E-state index is -0.635. The van der Waals surface area contributed by atoms with Crippen LogP contribution in [0.1, 0.15) is 30.4 Å². The molecule has 2 amide bonds. The van der Waals surface area contributed by atoms with Gasteiger partial charge in [0.1, 0.15) is 5.82 Å². The quantitative estimate of drug-likeness (QED) is 0.676. The largest absolute Gasteiger partial charge is 0.439 e. The predicted octanol–water partition coefficient (Wildman–Crippen LogP) is 3.70. The van der Waals surface area contributed by atoms with Gasteiger partial charge in [-0.2, -0.15) is 0 Å². The number of benzene rings is 2. The Morgan fingerprint density at radius 2 is 1.65 bits per heavy atom. The summed E-state index contributed by atoms with van der Waals surface area (Å²) in [5, 5.41) is 0. The molecule has 0 bridgehead atoms. The van der Waals surface area contributed by atoms with Crippen molar-refractivity contribution in [2.45, 2.75) is 37.8 Å². The number of carbonyl (C=O) groups is 2. The first-order valence-electron chi connectivity index (χ1n) is 12.1. The molecule has 7 heteroatoms. The second kappa shape index (κ2) is 9.02. The fraction of sp³-hybridized carbons (Fsp3) is 0.481. The summed E-state index contributed by atoms with van der Waals surface area (Å²) in [6.45, 7) is 3.74. The highest BCUT2D eigenvalue weighted by molar-refractivity contribution is 5.84. The first-order chi connectivity index (χ1) is 16.4. The van der Waals surface area contributed by atoms with Gasteiger partial charge in [0.25, 0.3) is 0 Å². The normalized spacial score (nSPS) is 24.6. The molecule has 2 aromatic carbocycles. The summed E-state index contributed by atoms with van der Waals surface area (Å²) in [6, 6.07) is 16.4. The lowest BCUT2D eigenvalue weighted by Gasteiger charge is -2.42. The molecule has 3 heterocycles. The van der Waals surface area contributed by atoms with Gasteiger partial charge in [-0.3, -0.25) is 9.69 Å². The number of piperidine rings is 1. The molecule has 3 saturated heterocycles. The second-order valence-corrected chi connectivity index (χ2v) is 10.3. The van der Waals surface area contributed by atoms with Gasteiger partial charge >= 0.3 is 6.09 Å². The second-order valence-electron chi connectivity index (χ2n) is 10.3. The maximum atomic E-state index is 14.0. The van der Waals surface area contributed by atoms with E-state index in [1.807, 2.05) is 35.2 Å². The van der Waals surface area contributed by atoms with Crippen molar-refractivity contribution >= 4 is 12.0 Å². The van der Waals surface area contributed by atoms with E-state index in [0.717, 1.165) is 37.1 Å². The van der Waals surface area contributed by atoms with Crippen molar-refractivity contribution in [1.29, 1.82) is 0 Å². The molecule has 5 rings (SSSR count). The molecule has 2 aromatic rings. The highest BCUT2D eigenvalue weighted by Gasteiger charge is 2.53. The Morgan fingerprint density at radius 3 is 2.35 bits per heavy atom. The van der Waals surface area contributed by atoms with Crippen LogP contribution in [0, 0.1) is 11.2 Å². The van der Waals surface area contributed by atoms with Crippen LogP contribution >= 0.6 is 0 Å². The number of ether oxygens (including phenoxy) is 1. The van der Waals surface area contributed by atoms with Crippen molar-refractivity contribution in [2.75, 3.05) is 39.8 Å². The van der Waals surface area contributed by atoms with Crippen molar-refractivity contribution in [1.82, 2.24) is 14.7 Å². The molecule has 3 aliphatic rings. The molecule has 1 spiro atoms. The molecule has 34 heavy (non-hydrogen) atoms. The average molecular weight is 466 g/mol. The third-order valence-corrected chi connectivity index (χ3v) is 7.71. The molecule has 6 nitrogen and oxygen atoms in total. The molecule has 0 aromatic heterocycles. The van der Waals surface area contributed by atoms with Gasteiger partial charge in [-0.25, -0.2) is 9.18 Å². The zero-order valence-electron chi connectivity index (χ0n) is 19.7. The number of nitrogens with zero attached hydrogens (tertiary/aromatic N) is 3. The van der Waals surface area contributed by atoms with E-state index < -0.39 is 11.0 Å². The molecular weight excluding hydrogens is 433 g/mol. The summed E-state index contributed by atoms with van der Waals surface area (Å²) in [5.74, 6) is -0.128. The summed E-state index contributed by atoms with van der Waals surface area (Å²) in [4.78, 5) is 32.5. The topological polar surface area (TPSA) is 53.1 Å². The summed E-state index contributed by atoms with van der Waals surface area (Å²) in [5.41, 5.74) is 0.897. The van der Waals surface area contributed by atoms with Gasteiger partial charge in [-0.15, -0.1) is 0 Å². The highest BCUT2D eigenvalue weighted by atomic mass is 19.1. The van der Waals surface area contributed by atoms with Crippen LogP contribution in [0.3, 0.4) is 0 Å². The van der Waals surface area contributed by atoms with Crippen LogP contribution in [-0.2, 0) is 22.5 Å². The minimum absolute atomic E-state index is 0.138. The molecule has 0 unspecified atom stereocenters. The van der Waals surface area contributed by atoms with Gasteiger partial charge in [0, 0.05) is 19.5 Å². The smallest absolute Gasteiger partial charge is 0.410 e. The Kier molecular flexibility index (Phi) is 6.06. The maximum absolute atomic E-state index is 14.0. The van der Waals surface area contributed by atoms with E-state index in [9.17, 15) is 14.0 Å². The fourth-order valence-electron chi connectivity index (χ4n) is 5.69. The van der Waals surface area contributed by atoms with E-state index >= 15 is 0 Å². The van der Waals surface area contributed by atoms with E-state index in [2.05, 4.69) is 11.9 Å². The summed E-state index contributed by atoms with van der Waals surface area (Å²) >= 11 is 0. The molecule has 3 fully saturated rings. The number of rotatable bonds is 5. The number of carbonyl (C=O) groups excluding carboxylic acids is 2. The van der Waals surface area contributed by atoms with Crippen LogP contribution in [0.25, 0.3) is 0 Å². The maximum Gasteiger partial charge on any atom is 0.410 e. The zero-order chi connectivity index (χ0) is 23.8. The SMILES string of the molecule is CN1CCC(Cc2ccc(F)cc2)(C(=O)N2CC[C@]3(CN(Cc4ccccc4)C(=O)O3)C2)CC1. The van der Waals surface area contributed by atoms with Crippen LogP contribution < -0.4 is 0 Å². The van der Waals surface area contributed by atoms with Crippen molar-refractivity contribution < 1.29 is 18.7 Å². The Balaban J connectivity index is 1.30. The number of hydrogen-bond acceptors (Lipinski definition) is 4.